The molecule has 5 rings (SSSR count). The van der Waals surface area contributed by atoms with Crippen molar-refractivity contribution in [2.24, 2.45) is 0 Å². The number of rotatable bonds is 11. The summed E-state index contributed by atoms with van der Waals surface area (Å²) in [6.07, 6.45) is 5.34. The van der Waals surface area contributed by atoms with Gasteiger partial charge in [-0.05, 0) is 55.2 Å². The molecular formula is C32H33F3N6O4U. The van der Waals surface area contributed by atoms with Crippen molar-refractivity contribution in [1.29, 1.82) is 5.26 Å². The number of pyridine rings is 2. The van der Waals surface area contributed by atoms with Crippen molar-refractivity contribution in [3.05, 3.63) is 88.8 Å². The summed E-state index contributed by atoms with van der Waals surface area (Å²) < 4.78 is 49.7. The van der Waals surface area contributed by atoms with Crippen LogP contribution in [0.2, 0.25) is 0 Å². The van der Waals surface area contributed by atoms with Gasteiger partial charge in [0.05, 0.1) is 36.9 Å². The number of nitrogens with zero attached hydrogens (tertiary/aromatic N) is 4. The average Bonchev–Trinajstić information content (AvgIpc) is 3.81. The summed E-state index contributed by atoms with van der Waals surface area (Å²) in [4.78, 5) is 45.1. The van der Waals surface area contributed by atoms with Crippen LogP contribution < -0.4 is 20.9 Å². The van der Waals surface area contributed by atoms with Crippen LogP contribution in [0.4, 0.5) is 19.0 Å². The Kier molecular flexibility index (Phi) is 12.2. The molecule has 0 unspecified atom stereocenters. The van der Waals surface area contributed by atoms with E-state index in [0.29, 0.717) is 13.1 Å². The summed E-state index contributed by atoms with van der Waals surface area (Å²) in [5.74, 6) is -5.77. The second-order valence-electron chi connectivity index (χ2n) is 10.7. The number of nitrogens with one attached hydrogen (secondary N) is 2. The Morgan fingerprint density at radius 2 is 1.89 bits per heavy atom. The van der Waals surface area contributed by atoms with E-state index < -0.39 is 42.2 Å². The van der Waals surface area contributed by atoms with Gasteiger partial charge >= 0.3 is 31.1 Å². The number of halogens is 3. The molecule has 0 radical (unpaired) electrons. The van der Waals surface area contributed by atoms with E-state index in [1.807, 2.05) is 13.3 Å². The fourth-order valence-electron chi connectivity index (χ4n) is 4.98. The Morgan fingerprint density at radius 1 is 1.17 bits per heavy atom. The maximum atomic E-state index is 15.5. The maximum absolute atomic E-state index is 15.5. The van der Waals surface area contributed by atoms with E-state index in [9.17, 15) is 28.4 Å². The molecule has 2 N–H and O–H groups in total. The molecule has 1 aliphatic carbocycles. The Labute approximate surface area is 288 Å². The topological polar surface area (TPSA) is 129 Å². The number of ether oxygens (including phenoxy) is 1. The number of hydrogen-bond donors (Lipinski definition) is 2. The van der Waals surface area contributed by atoms with Gasteiger partial charge in [-0.2, -0.15) is 17.2 Å². The van der Waals surface area contributed by atoms with Gasteiger partial charge in [0.1, 0.15) is 17.2 Å². The number of carbonyl (C=O) groups excluding carboxylic acids is 2. The summed E-state index contributed by atoms with van der Waals surface area (Å²) in [5.41, 5.74) is -0.553. The molecule has 240 valence electrons. The van der Waals surface area contributed by atoms with Gasteiger partial charge < -0.3 is 38.7 Å². The summed E-state index contributed by atoms with van der Waals surface area (Å²) in [5, 5.41) is 15.2. The first kappa shape index (κ1) is 36.8. The van der Waals surface area contributed by atoms with Gasteiger partial charge in [-0.25, -0.2) is 13.2 Å². The molecule has 0 atom stereocenters. The van der Waals surface area contributed by atoms with Gasteiger partial charge in [-0.15, -0.1) is 6.54 Å². The number of nitriles is 1. The van der Waals surface area contributed by atoms with E-state index in [-0.39, 0.29) is 90.7 Å². The van der Waals surface area contributed by atoms with Crippen LogP contribution in [0.1, 0.15) is 64.6 Å². The molecule has 0 bridgehead atoms. The molecule has 1 aliphatic heterocycles. The molecule has 2 aromatic heterocycles. The van der Waals surface area contributed by atoms with E-state index >= 15 is 4.39 Å². The van der Waals surface area contributed by atoms with Crippen molar-refractivity contribution in [2.75, 3.05) is 31.6 Å². The monoisotopic (exact) mass is 860 g/mol. The summed E-state index contributed by atoms with van der Waals surface area (Å²) in [7, 11) is 0. The number of amides is 2. The van der Waals surface area contributed by atoms with Crippen LogP contribution in [0, 0.1) is 62.1 Å². The largest absolute Gasteiger partial charge is 2.00 e. The SMILES string of the molecule is C[CH-]CNCc1cc(C(=O)Nc2cc(-c3c(F)cc(C#N)cc3C(=O)N3CC(F)(F)C3)cc(OCC)n2)c(=O)n(C2CC2)c1.[CH3-].[U+2]. The number of aromatic nitrogens is 2. The Bertz CT molecular complexity index is 1710. The summed E-state index contributed by atoms with van der Waals surface area (Å²) in [6, 6.07) is 7.97. The van der Waals surface area contributed by atoms with E-state index in [2.05, 4.69) is 15.6 Å². The van der Waals surface area contributed by atoms with Gasteiger partial charge in [-0.3, -0.25) is 14.4 Å². The van der Waals surface area contributed by atoms with Gasteiger partial charge in [0, 0.05) is 30.4 Å². The minimum absolute atomic E-state index is 0. The average molecular weight is 861 g/mol. The summed E-state index contributed by atoms with van der Waals surface area (Å²) in [6.45, 7) is 3.13. The third-order valence-corrected chi connectivity index (χ3v) is 7.17. The zero-order valence-corrected chi connectivity index (χ0v) is 29.8. The predicted octanol–water partition coefficient (Wildman–Crippen LogP) is 4.76. The third-order valence-electron chi connectivity index (χ3n) is 7.17. The Morgan fingerprint density at radius 3 is 2.50 bits per heavy atom. The smallest absolute Gasteiger partial charge is 0.478 e. The predicted molar refractivity (Wildman–Crippen MR) is 161 cm³/mol. The molecule has 14 heteroatoms. The van der Waals surface area contributed by atoms with Crippen LogP contribution >= 0.6 is 0 Å². The number of alkyl halides is 2. The molecule has 46 heavy (non-hydrogen) atoms. The molecule has 2 aliphatic rings. The normalized spacial score (nSPS) is 14.7. The minimum atomic E-state index is -3.06. The van der Waals surface area contributed by atoms with Crippen LogP contribution in [-0.2, 0) is 6.54 Å². The Balaban J connectivity index is 0.00000288. The van der Waals surface area contributed by atoms with Gasteiger partial charge in [0.2, 0.25) is 5.88 Å². The van der Waals surface area contributed by atoms with Gasteiger partial charge in [0.25, 0.3) is 23.3 Å². The molecular weight excluding hydrogens is 827 g/mol. The molecule has 1 saturated carbocycles. The first-order valence-corrected chi connectivity index (χ1v) is 14.1. The van der Waals surface area contributed by atoms with Crippen molar-refractivity contribution in [3.8, 4) is 23.1 Å². The number of carbonyl (C=O) groups is 2. The molecule has 0 spiro atoms. The van der Waals surface area contributed by atoms with Crippen molar-refractivity contribution >= 4 is 17.6 Å². The van der Waals surface area contributed by atoms with Crippen LogP contribution in [0.15, 0.2) is 41.3 Å². The minimum Gasteiger partial charge on any atom is -0.478 e. The van der Waals surface area contributed by atoms with E-state index in [4.69, 9.17) is 4.74 Å². The van der Waals surface area contributed by atoms with Crippen molar-refractivity contribution in [3.63, 3.8) is 0 Å². The molecule has 1 saturated heterocycles. The zero-order valence-electron chi connectivity index (χ0n) is 25.6. The number of benzene rings is 1. The van der Waals surface area contributed by atoms with Crippen LogP contribution in [0.5, 0.6) is 5.88 Å². The zero-order chi connectivity index (χ0) is 31.6. The second kappa shape index (κ2) is 15.3. The van der Waals surface area contributed by atoms with Crippen molar-refractivity contribution < 1.29 is 58.6 Å². The fraction of sp³-hybridized carbons (Fsp3) is 0.344. The van der Waals surface area contributed by atoms with Crippen LogP contribution in [0.3, 0.4) is 0 Å². The fourth-order valence-corrected chi connectivity index (χ4v) is 4.98. The van der Waals surface area contributed by atoms with Gasteiger partial charge in [-0.1, -0.05) is 0 Å². The third kappa shape index (κ3) is 8.19. The quantitative estimate of drug-likeness (QED) is 0.210. The standard InChI is InChI=1S/C31H30F3N6O4.CH3.U/c1-3-7-36-14-19-9-23(30(43)40(15-19)21-5-6-21)28(41)38-25-11-20(12-26(37-25)44-4-2)27-22(8-18(13-35)10-24(27)32)29(42)39-16-31(33,34)17-39;;/h3,8-12,15,21,36H,4-7,14,16-17H2,1-2H3,(H,37,38,41);1H3;/q2*-1;+2. The molecule has 10 nitrogen and oxygen atoms in total. The first-order chi connectivity index (χ1) is 21.0. The Hall–Kier alpha value is -3.65. The van der Waals surface area contributed by atoms with Crippen LogP contribution in [-0.4, -0.2) is 58.4 Å². The maximum Gasteiger partial charge on any atom is 2.00 e. The summed E-state index contributed by atoms with van der Waals surface area (Å²) >= 11 is 0. The molecule has 3 aromatic rings. The number of anilines is 1. The van der Waals surface area contributed by atoms with Gasteiger partial charge in [0.15, 0.2) is 0 Å². The van der Waals surface area contributed by atoms with E-state index in [1.54, 1.807) is 23.8 Å². The first-order valence-electron chi connectivity index (χ1n) is 14.1. The molecule has 3 heterocycles. The molecule has 2 fully saturated rings. The van der Waals surface area contributed by atoms with E-state index in [1.165, 1.54) is 18.2 Å². The van der Waals surface area contributed by atoms with Crippen molar-refractivity contribution in [2.45, 2.75) is 45.2 Å². The molecule has 2 amide bonds. The second-order valence-corrected chi connectivity index (χ2v) is 10.7. The van der Waals surface area contributed by atoms with Crippen LogP contribution in [0.25, 0.3) is 11.1 Å². The van der Waals surface area contributed by atoms with Crippen molar-refractivity contribution in [1.82, 2.24) is 19.8 Å². The molecule has 1 aromatic carbocycles. The number of hydrogen-bond acceptors (Lipinski definition) is 7. The number of likely N-dealkylation sites (tertiary alicyclic amines) is 1. The van der Waals surface area contributed by atoms with E-state index in [0.717, 1.165) is 35.4 Å².